The fourth-order valence-electron chi connectivity index (χ4n) is 4.59. The normalized spacial score (nSPS) is 11.6. The molecule has 2 amide bonds. The van der Waals surface area contributed by atoms with Crippen molar-refractivity contribution in [2.45, 2.75) is 11.9 Å². The van der Waals surface area contributed by atoms with Gasteiger partial charge in [-0.05, 0) is 62.1 Å². The van der Waals surface area contributed by atoms with E-state index in [0.29, 0.717) is 29.1 Å². The lowest BCUT2D eigenvalue weighted by Gasteiger charge is -2.21. The molecule has 2 aromatic heterocycles. The Bertz CT molecular complexity index is 1930. The summed E-state index contributed by atoms with van der Waals surface area (Å²) in [5.74, 6) is 2.01. The molecule has 0 spiro atoms. The lowest BCUT2D eigenvalue weighted by molar-refractivity contribution is 0.262. The van der Waals surface area contributed by atoms with Crippen molar-refractivity contribution >= 4 is 50.0 Å². The van der Waals surface area contributed by atoms with Gasteiger partial charge in [-0.2, -0.15) is 10.1 Å². The van der Waals surface area contributed by atoms with Gasteiger partial charge in [0, 0.05) is 34.8 Å². The monoisotopic (exact) mass is 603 g/mol. The van der Waals surface area contributed by atoms with E-state index in [2.05, 4.69) is 44.7 Å². The van der Waals surface area contributed by atoms with Crippen molar-refractivity contribution in [3.8, 4) is 17.3 Å². The van der Waals surface area contributed by atoms with E-state index in [0.717, 1.165) is 32.7 Å². The number of hydrogen-bond acceptors (Lipinski definition) is 6. The Morgan fingerprint density at radius 3 is 2.30 bits per heavy atom. The number of carbonyl (C=O) groups excluding carboxylic acids is 1. The van der Waals surface area contributed by atoms with Crippen molar-refractivity contribution in [2.24, 2.45) is 0 Å². The topological polar surface area (TPSA) is 106 Å². The van der Waals surface area contributed by atoms with Gasteiger partial charge in [-0.15, -0.1) is 0 Å². The lowest BCUT2D eigenvalue weighted by Crippen LogP contribution is -2.21. The largest absolute Gasteiger partial charge is 0.438 e. The van der Waals surface area contributed by atoms with Gasteiger partial charge >= 0.3 is 6.03 Å². The fourth-order valence-corrected chi connectivity index (χ4v) is 5.38. The summed E-state index contributed by atoms with van der Waals surface area (Å²) in [5.41, 5.74) is 3.54. The minimum Gasteiger partial charge on any atom is -0.438 e. The maximum absolute atomic E-state index is 13.4. The van der Waals surface area contributed by atoms with Gasteiger partial charge in [-0.3, -0.25) is 5.32 Å². The van der Waals surface area contributed by atoms with Gasteiger partial charge in [-0.25, -0.2) is 24.5 Å². The van der Waals surface area contributed by atoms with Crippen LogP contribution in [0.4, 0.5) is 27.9 Å². The predicted molar refractivity (Wildman–Crippen MR) is 180 cm³/mol. The molecule has 0 bridgehead atoms. The number of aromatic nitrogens is 4. The molecule has 0 aliphatic heterocycles. The first-order valence-corrected chi connectivity index (χ1v) is 16.9. The van der Waals surface area contributed by atoms with Gasteiger partial charge in [-0.1, -0.05) is 60.2 Å². The summed E-state index contributed by atoms with van der Waals surface area (Å²) in [6.07, 6.45) is 8.17. The van der Waals surface area contributed by atoms with E-state index in [1.54, 1.807) is 16.9 Å². The molecule has 0 fully saturated rings. The Kier molecular flexibility index (Phi) is 7.91. The highest BCUT2D eigenvalue weighted by molar-refractivity contribution is 8.32. The molecule has 10 heteroatoms. The molecule has 0 unspecified atom stereocenters. The second-order valence-corrected chi connectivity index (χ2v) is 15.1. The van der Waals surface area contributed by atoms with E-state index >= 15 is 0 Å². The van der Waals surface area contributed by atoms with Crippen molar-refractivity contribution in [3.05, 3.63) is 115 Å². The summed E-state index contributed by atoms with van der Waals surface area (Å²) in [7, 11) is -1.12. The number of fused-ring (bicyclic) bond motifs is 1. The SMILES string of the molecule is Cc1ccc(-n2nc(S(C)(C)C)cc2NC(=O)Nc2ccc(Oc3ccnc(Nc4ccccc4)n3)c3ccccc23)cc1. The number of hydrogen-bond donors (Lipinski definition) is 3. The molecular weight excluding hydrogens is 570 g/mol. The Morgan fingerprint density at radius 2 is 1.55 bits per heavy atom. The average Bonchev–Trinajstić information content (AvgIpc) is 3.44. The fraction of sp³-hybridized carbons (Fsp3) is 0.118. The molecule has 3 N–H and O–H groups in total. The quantitative estimate of drug-likeness (QED) is 0.161. The van der Waals surface area contributed by atoms with E-state index in [9.17, 15) is 4.79 Å². The third-order valence-electron chi connectivity index (χ3n) is 6.84. The van der Waals surface area contributed by atoms with Crippen LogP contribution < -0.4 is 20.7 Å². The summed E-state index contributed by atoms with van der Waals surface area (Å²) in [4.78, 5) is 22.2. The summed E-state index contributed by atoms with van der Waals surface area (Å²) < 4.78 is 7.99. The van der Waals surface area contributed by atoms with Gasteiger partial charge < -0.3 is 15.4 Å². The van der Waals surface area contributed by atoms with Gasteiger partial charge in [0.05, 0.1) is 11.4 Å². The van der Waals surface area contributed by atoms with Crippen molar-refractivity contribution in [1.29, 1.82) is 0 Å². The van der Waals surface area contributed by atoms with Crippen LogP contribution in [0.2, 0.25) is 0 Å². The molecule has 4 aromatic carbocycles. The molecular formula is C34H33N7O2S. The lowest BCUT2D eigenvalue weighted by atomic mass is 10.1. The standard InChI is InChI=1S/C34H33N7O2S/c1-23-14-16-25(17-15-23)41-30(22-32(40-41)44(2,3)4)38-34(42)37-28-18-19-29(27-13-9-8-12-26(27)28)43-31-20-21-35-33(39-31)36-24-10-6-5-7-11-24/h5-22H,1-4H3,(H,35,36,39)(H2,37,38,42). The van der Waals surface area contributed by atoms with Crippen LogP contribution >= 0.6 is 10.0 Å². The Morgan fingerprint density at radius 1 is 0.818 bits per heavy atom. The van der Waals surface area contributed by atoms with Crippen LogP contribution in [-0.2, 0) is 0 Å². The number of amides is 2. The van der Waals surface area contributed by atoms with Crippen LogP contribution in [0.5, 0.6) is 11.6 Å². The second kappa shape index (κ2) is 12.1. The Balaban J connectivity index is 1.24. The summed E-state index contributed by atoms with van der Waals surface area (Å²) in [6, 6.07) is 32.4. The number of anilines is 4. The van der Waals surface area contributed by atoms with E-state index in [4.69, 9.17) is 9.84 Å². The van der Waals surface area contributed by atoms with Crippen molar-refractivity contribution in [1.82, 2.24) is 19.7 Å². The zero-order valence-corrected chi connectivity index (χ0v) is 25.7. The number of urea groups is 1. The zero-order chi connectivity index (χ0) is 30.7. The number of nitrogens with one attached hydrogen (secondary N) is 3. The smallest absolute Gasteiger partial charge is 0.324 e. The van der Waals surface area contributed by atoms with E-state index in [1.165, 1.54) is 0 Å². The van der Waals surface area contributed by atoms with Crippen LogP contribution in [0.1, 0.15) is 5.56 Å². The Hall–Kier alpha value is -5.35. The number of para-hydroxylation sites is 1. The number of nitrogens with zero attached hydrogens (tertiary/aromatic N) is 4. The number of ether oxygens (including phenoxy) is 1. The highest BCUT2D eigenvalue weighted by Gasteiger charge is 2.19. The minimum atomic E-state index is -1.12. The van der Waals surface area contributed by atoms with Gasteiger partial charge in [0.1, 0.15) is 16.6 Å². The van der Waals surface area contributed by atoms with E-state index in [-0.39, 0.29) is 6.03 Å². The summed E-state index contributed by atoms with van der Waals surface area (Å²) in [5, 5.41) is 16.7. The van der Waals surface area contributed by atoms with E-state index < -0.39 is 10.0 Å². The maximum Gasteiger partial charge on any atom is 0.324 e. The van der Waals surface area contributed by atoms with Gasteiger partial charge in [0.25, 0.3) is 0 Å². The molecule has 0 radical (unpaired) electrons. The van der Waals surface area contributed by atoms with Crippen molar-refractivity contribution in [2.75, 3.05) is 34.7 Å². The van der Waals surface area contributed by atoms with Crippen LogP contribution in [0.25, 0.3) is 16.5 Å². The summed E-state index contributed by atoms with van der Waals surface area (Å²) in [6.45, 7) is 2.04. The first kappa shape index (κ1) is 28.8. The second-order valence-electron chi connectivity index (χ2n) is 11.0. The van der Waals surface area contributed by atoms with E-state index in [1.807, 2.05) is 104 Å². The molecule has 6 aromatic rings. The highest BCUT2D eigenvalue weighted by atomic mass is 32.3. The van der Waals surface area contributed by atoms with Crippen LogP contribution in [0.15, 0.2) is 114 Å². The summed E-state index contributed by atoms with van der Waals surface area (Å²) >= 11 is 0. The van der Waals surface area contributed by atoms with Gasteiger partial charge in [0.15, 0.2) is 0 Å². The Labute approximate surface area is 257 Å². The number of benzene rings is 4. The third kappa shape index (κ3) is 6.50. The maximum atomic E-state index is 13.4. The van der Waals surface area contributed by atoms with Crippen molar-refractivity contribution in [3.63, 3.8) is 0 Å². The molecule has 6 rings (SSSR count). The molecule has 222 valence electrons. The van der Waals surface area contributed by atoms with Crippen LogP contribution in [0.3, 0.4) is 0 Å². The minimum absolute atomic E-state index is 0.375. The van der Waals surface area contributed by atoms with Crippen molar-refractivity contribution < 1.29 is 9.53 Å². The third-order valence-corrected chi connectivity index (χ3v) is 8.30. The number of rotatable bonds is 8. The molecule has 0 aliphatic rings. The number of aryl methyl sites for hydroxylation is 1. The predicted octanol–water partition coefficient (Wildman–Crippen LogP) is 8.36. The molecule has 0 saturated heterocycles. The first-order chi connectivity index (χ1) is 21.2. The molecule has 44 heavy (non-hydrogen) atoms. The highest BCUT2D eigenvalue weighted by Crippen LogP contribution is 2.45. The molecule has 2 heterocycles. The zero-order valence-electron chi connectivity index (χ0n) is 24.9. The van der Waals surface area contributed by atoms with Crippen LogP contribution in [0, 0.1) is 6.92 Å². The molecule has 0 aliphatic carbocycles. The molecule has 9 nitrogen and oxygen atoms in total. The number of carbonyl (C=O) groups is 1. The molecule has 0 atom stereocenters. The first-order valence-electron chi connectivity index (χ1n) is 14.0. The molecule has 0 saturated carbocycles. The van der Waals surface area contributed by atoms with Crippen LogP contribution in [-0.4, -0.2) is 44.5 Å². The average molecular weight is 604 g/mol. The van der Waals surface area contributed by atoms with Gasteiger partial charge in [0.2, 0.25) is 11.8 Å².